The highest BCUT2D eigenvalue weighted by Gasteiger charge is 2.15. The molecule has 1 unspecified atom stereocenters. The Morgan fingerprint density at radius 1 is 1.36 bits per heavy atom. The molecule has 7 nitrogen and oxygen atoms in total. The summed E-state index contributed by atoms with van der Waals surface area (Å²) in [6.07, 6.45) is 2.40. The maximum absolute atomic E-state index is 12.2. The van der Waals surface area contributed by atoms with Crippen molar-refractivity contribution in [3.63, 3.8) is 0 Å². The minimum Gasteiger partial charge on any atom is -0.349 e. The van der Waals surface area contributed by atoms with E-state index in [1.807, 2.05) is 27.0 Å². The number of nitrogens with one attached hydrogen (secondary N) is 2. The van der Waals surface area contributed by atoms with E-state index in [1.165, 1.54) is 0 Å². The number of aryl methyl sites for hydroxylation is 2. The molecule has 0 saturated carbocycles. The topological polar surface area (TPSA) is 92.7 Å². The number of rotatable bonds is 5. The van der Waals surface area contributed by atoms with Crippen LogP contribution < -0.4 is 10.9 Å². The standard InChI is InChI=1S/C18H21N5O2/c1-11(14-10-19-23(3)12(14)2)20-17(24)9-8-16-21-15-7-5-4-6-13(15)18(25)22-16/h4-7,10-11H,8-9H2,1-3H3,(H,20,24)(H,21,22,25). The normalized spacial score (nSPS) is 12.3. The zero-order valence-electron chi connectivity index (χ0n) is 14.5. The van der Waals surface area contributed by atoms with Gasteiger partial charge in [-0.15, -0.1) is 0 Å². The average Bonchev–Trinajstić information content (AvgIpc) is 2.92. The monoisotopic (exact) mass is 339 g/mol. The van der Waals surface area contributed by atoms with Gasteiger partial charge in [0.2, 0.25) is 5.91 Å². The van der Waals surface area contributed by atoms with E-state index in [1.54, 1.807) is 29.1 Å². The fourth-order valence-electron chi connectivity index (χ4n) is 2.82. The molecule has 1 atom stereocenters. The third kappa shape index (κ3) is 3.60. The molecular weight excluding hydrogens is 318 g/mol. The van der Waals surface area contributed by atoms with Crippen molar-refractivity contribution >= 4 is 16.8 Å². The number of aromatic nitrogens is 4. The molecule has 2 heterocycles. The number of aromatic amines is 1. The highest BCUT2D eigenvalue weighted by Crippen LogP contribution is 2.16. The molecule has 2 aromatic heterocycles. The summed E-state index contributed by atoms with van der Waals surface area (Å²) >= 11 is 0. The largest absolute Gasteiger partial charge is 0.349 e. The predicted molar refractivity (Wildman–Crippen MR) is 95.2 cm³/mol. The van der Waals surface area contributed by atoms with E-state index in [0.717, 1.165) is 11.3 Å². The van der Waals surface area contributed by atoms with Gasteiger partial charge in [0.05, 0.1) is 23.1 Å². The molecular formula is C18H21N5O2. The molecule has 1 aromatic carbocycles. The van der Waals surface area contributed by atoms with Gasteiger partial charge < -0.3 is 10.3 Å². The molecule has 2 N–H and O–H groups in total. The van der Waals surface area contributed by atoms with Crippen LogP contribution in [-0.2, 0) is 18.3 Å². The molecule has 3 rings (SSSR count). The van der Waals surface area contributed by atoms with Crippen LogP contribution in [0.4, 0.5) is 0 Å². The molecule has 0 fully saturated rings. The highest BCUT2D eigenvalue weighted by molar-refractivity contribution is 5.78. The third-order valence-corrected chi connectivity index (χ3v) is 4.37. The number of amides is 1. The Hall–Kier alpha value is -2.96. The lowest BCUT2D eigenvalue weighted by Gasteiger charge is -2.13. The van der Waals surface area contributed by atoms with Crippen molar-refractivity contribution in [3.05, 3.63) is 57.9 Å². The summed E-state index contributed by atoms with van der Waals surface area (Å²) in [5.74, 6) is 0.427. The van der Waals surface area contributed by atoms with Gasteiger partial charge in [0.15, 0.2) is 0 Å². The van der Waals surface area contributed by atoms with Gasteiger partial charge in [-0.1, -0.05) is 12.1 Å². The van der Waals surface area contributed by atoms with Crippen LogP contribution in [0.3, 0.4) is 0 Å². The molecule has 0 aliphatic carbocycles. The van der Waals surface area contributed by atoms with Crippen LogP contribution in [-0.4, -0.2) is 25.7 Å². The second kappa shape index (κ2) is 6.88. The van der Waals surface area contributed by atoms with Crippen molar-refractivity contribution in [1.29, 1.82) is 0 Å². The Balaban J connectivity index is 1.64. The molecule has 0 aliphatic rings. The second-order valence-electron chi connectivity index (χ2n) is 6.13. The first kappa shape index (κ1) is 16.9. The lowest BCUT2D eigenvalue weighted by atomic mass is 10.1. The molecule has 3 aromatic rings. The molecule has 0 saturated heterocycles. The van der Waals surface area contributed by atoms with Crippen molar-refractivity contribution in [1.82, 2.24) is 25.1 Å². The summed E-state index contributed by atoms with van der Waals surface area (Å²) in [4.78, 5) is 31.4. The zero-order valence-corrected chi connectivity index (χ0v) is 14.5. The summed E-state index contributed by atoms with van der Waals surface area (Å²) in [7, 11) is 1.87. The Morgan fingerprint density at radius 3 is 2.84 bits per heavy atom. The highest BCUT2D eigenvalue weighted by atomic mass is 16.1. The van der Waals surface area contributed by atoms with Gasteiger partial charge in [-0.25, -0.2) is 4.98 Å². The van der Waals surface area contributed by atoms with E-state index >= 15 is 0 Å². The molecule has 1 amide bonds. The van der Waals surface area contributed by atoms with Gasteiger partial charge >= 0.3 is 0 Å². The van der Waals surface area contributed by atoms with E-state index in [0.29, 0.717) is 23.1 Å². The van der Waals surface area contributed by atoms with Crippen LogP contribution in [0.2, 0.25) is 0 Å². The third-order valence-electron chi connectivity index (χ3n) is 4.37. The number of nitrogens with zero attached hydrogens (tertiary/aromatic N) is 3. The van der Waals surface area contributed by atoms with Gasteiger partial charge in [-0.3, -0.25) is 14.3 Å². The lowest BCUT2D eigenvalue weighted by molar-refractivity contribution is -0.121. The predicted octanol–water partition coefficient (Wildman–Crippen LogP) is 1.78. The SMILES string of the molecule is Cc1c(C(C)NC(=O)CCc2nc3ccccc3c(=O)[nH]2)cnn1C. The molecule has 0 spiro atoms. The van der Waals surface area contributed by atoms with E-state index < -0.39 is 0 Å². The molecule has 0 radical (unpaired) electrons. The van der Waals surface area contributed by atoms with Crippen LogP contribution in [0, 0.1) is 6.92 Å². The van der Waals surface area contributed by atoms with Crippen LogP contribution in [0.15, 0.2) is 35.3 Å². The number of carbonyl (C=O) groups excluding carboxylic acids is 1. The maximum Gasteiger partial charge on any atom is 0.258 e. The van der Waals surface area contributed by atoms with Crippen molar-refractivity contribution in [3.8, 4) is 0 Å². The summed E-state index contributed by atoms with van der Waals surface area (Å²) < 4.78 is 1.78. The van der Waals surface area contributed by atoms with Gasteiger partial charge in [-0.2, -0.15) is 5.10 Å². The minimum atomic E-state index is -0.180. The van der Waals surface area contributed by atoms with Gasteiger partial charge in [0.1, 0.15) is 5.82 Å². The zero-order chi connectivity index (χ0) is 18.0. The van der Waals surface area contributed by atoms with Crippen LogP contribution in [0.1, 0.15) is 36.5 Å². The average molecular weight is 339 g/mol. The number of para-hydroxylation sites is 1. The first-order valence-electron chi connectivity index (χ1n) is 8.21. The van der Waals surface area contributed by atoms with E-state index in [-0.39, 0.29) is 23.9 Å². The van der Waals surface area contributed by atoms with Crippen LogP contribution in [0.5, 0.6) is 0 Å². The first-order valence-corrected chi connectivity index (χ1v) is 8.21. The van der Waals surface area contributed by atoms with Crippen LogP contribution >= 0.6 is 0 Å². The maximum atomic E-state index is 12.2. The van der Waals surface area contributed by atoms with E-state index in [2.05, 4.69) is 20.4 Å². The van der Waals surface area contributed by atoms with Crippen molar-refractivity contribution in [2.45, 2.75) is 32.7 Å². The molecule has 0 aliphatic heterocycles. The molecule has 0 bridgehead atoms. The Labute approximate surface area is 145 Å². The summed E-state index contributed by atoms with van der Waals surface area (Å²) in [5, 5.41) is 7.70. The lowest BCUT2D eigenvalue weighted by Crippen LogP contribution is -2.27. The Bertz CT molecular complexity index is 973. The van der Waals surface area contributed by atoms with Crippen molar-refractivity contribution in [2.75, 3.05) is 0 Å². The summed E-state index contributed by atoms with van der Waals surface area (Å²) in [6, 6.07) is 7.04. The Kier molecular flexibility index (Phi) is 4.65. The molecule has 130 valence electrons. The molecule has 7 heteroatoms. The first-order chi connectivity index (χ1) is 12.0. The number of benzene rings is 1. The smallest absolute Gasteiger partial charge is 0.258 e. The number of H-pyrrole nitrogens is 1. The van der Waals surface area contributed by atoms with Gasteiger partial charge in [0, 0.05) is 31.1 Å². The molecule has 25 heavy (non-hydrogen) atoms. The summed E-state index contributed by atoms with van der Waals surface area (Å²) in [5.41, 5.74) is 2.47. The number of hydrogen-bond acceptors (Lipinski definition) is 4. The Morgan fingerprint density at radius 2 is 2.12 bits per heavy atom. The number of fused-ring (bicyclic) bond motifs is 1. The quantitative estimate of drug-likeness (QED) is 0.741. The number of hydrogen-bond donors (Lipinski definition) is 2. The van der Waals surface area contributed by atoms with Crippen molar-refractivity contribution < 1.29 is 4.79 Å². The van der Waals surface area contributed by atoms with Crippen LogP contribution in [0.25, 0.3) is 10.9 Å². The van der Waals surface area contributed by atoms with Crippen molar-refractivity contribution in [2.24, 2.45) is 7.05 Å². The fraction of sp³-hybridized carbons (Fsp3) is 0.333. The summed E-state index contributed by atoms with van der Waals surface area (Å²) in [6.45, 7) is 3.90. The minimum absolute atomic E-state index is 0.0911. The second-order valence-corrected chi connectivity index (χ2v) is 6.13. The fourth-order valence-corrected chi connectivity index (χ4v) is 2.82. The number of carbonyl (C=O) groups is 1. The van der Waals surface area contributed by atoms with Gasteiger partial charge in [0.25, 0.3) is 5.56 Å². The van der Waals surface area contributed by atoms with E-state index in [4.69, 9.17) is 0 Å². The van der Waals surface area contributed by atoms with Gasteiger partial charge in [-0.05, 0) is 26.0 Å². The van der Waals surface area contributed by atoms with E-state index in [9.17, 15) is 9.59 Å².